The molecule has 0 bridgehead atoms. The number of rotatable bonds is 0. The second-order valence-corrected chi connectivity index (χ2v) is 4.58. The maximum absolute atomic E-state index is 12.8. The summed E-state index contributed by atoms with van der Waals surface area (Å²) in [5.41, 5.74) is 0. The minimum atomic E-state index is -0.237. The molecule has 0 radical (unpaired) electrons. The molecule has 4 heteroatoms. The van der Waals surface area contributed by atoms with E-state index in [4.69, 9.17) is 0 Å². The zero-order valence-electron chi connectivity index (χ0n) is 4.67. The van der Waals surface area contributed by atoms with Gasteiger partial charge in [-0.15, -0.1) is 0 Å². The molecule has 0 aliphatic heterocycles. The van der Waals surface area contributed by atoms with Crippen LogP contribution in [0.4, 0.5) is 4.39 Å². The van der Waals surface area contributed by atoms with E-state index in [-0.39, 0.29) is 5.82 Å². The fraction of sp³-hybridized carbons (Fsp3) is 0. The lowest BCUT2D eigenvalue weighted by atomic mass is 10.4. The Labute approximate surface area is 88.6 Å². The first-order chi connectivity index (χ1) is 4.61. The van der Waals surface area contributed by atoms with E-state index < -0.39 is 0 Å². The van der Waals surface area contributed by atoms with Gasteiger partial charge in [-0.25, -0.2) is 4.39 Å². The number of hydrogen-bond acceptors (Lipinski definition) is 0. The van der Waals surface area contributed by atoms with E-state index in [0.717, 1.165) is 8.04 Å². The quantitative estimate of drug-likeness (QED) is 0.364. The van der Waals surface area contributed by atoms with Gasteiger partial charge < -0.3 is 0 Å². The van der Waals surface area contributed by atoms with Crippen molar-refractivity contribution in [1.29, 1.82) is 0 Å². The summed E-state index contributed by atoms with van der Waals surface area (Å²) in [6.07, 6.45) is 0. The Morgan fingerprint density at radius 1 is 1.30 bits per heavy atom. The zero-order valence-corrected chi connectivity index (χ0v) is 10.00. The van der Waals surface area contributed by atoms with Crippen molar-refractivity contribution in [3.63, 3.8) is 0 Å². The highest BCUT2D eigenvalue weighted by Gasteiger charge is 2.03. The van der Waals surface area contributed by atoms with E-state index in [0.29, 0.717) is 4.47 Å². The van der Waals surface area contributed by atoms with Gasteiger partial charge in [0, 0.05) is 8.04 Å². The van der Waals surface area contributed by atoms with Crippen LogP contribution in [0.5, 0.6) is 0 Å². The van der Waals surface area contributed by atoms with Gasteiger partial charge in [-0.3, -0.25) is 0 Å². The molecule has 0 heterocycles. The van der Waals surface area contributed by atoms with Gasteiger partial charge in [-0.05, 0) is 66.6 Å². The first-order valence-electron chi connectivity index (χ1n) is 2.41. The topological polar surface area (TPSA) is 0 Å². The summed E-state index contributed by atoms with van der Waals surface area (Å²) in [4.78, 5) is 0. The van der Waals surface area contributed by atoms with Crippen LogP contribution in [0.1, 0.15) is 0 Å². The molecule has 1 rings (SSSR count). The third-order valence-corrected chi connectivity index (χ3v) is 3.53. The van der Waals surface area contributed by atoms with E-state index in [9.17, 15) is 4.39 Å². The molecule has 1 aromatic carbocycles. The molecule has 0 fully saturated rings. The molecule has 0 aromatic heterocycles. The smallest absolute Gasteiger partial charge is 0.139 e. The van der Waals surface area contributed by atoms with Gasteiger partial charge >= 0.3 is 0 Å². The molecule has 0 nitrogen and oxygen atoms in total. The molecule has 0 aliphatic carbocycles. The fourth-order valence-electron chi connectivity index (χ4n) is 0.525. The maximum Gasteiger partial charge on any atom is 0.139 e. The Morgan fingerprint density at radius 3 is 2.40 bits per heavy atom. The van der Waals surface area contributed by atoms with Gasteiger partial charge in [-0.1, -0.05) is 0 Å². The van der Waals surface area contributed by atoms with Crippen molar-refractivity contribution < 1.29 is 4.39 Å². The molecule has 0 saturated carbocycles. The molecule has 1 aromatic rings. The summed E-state index contributed by atoms with van der Waals surface area (Å²) in [7, 11) is 0. The highest BCUT2D eigenvalue weighted by molar-refractivity contribution is 14.1. The van der Waals surface area contributed by atoms with E-state index in [1.807, 2.05) is 6.07 Å². The minimum Gasteiger partial charge on any atom is -0.206 e. The van der Waals surface area contributed by atoms with Crippen LogP contribution in [-0.2, 0) is 0 Å². The molecule has 0 atom stereocenters. The van der Waals surface area contributed by atoms with Crippen LogP contribution in [0.15, 0.2) is 21.1 Å². The SMILES string of the molecule is Fc1cc(I)cc(Br)c1Br. The number of hydrogen-bond donors (Lipinski definition) is 0. The Morgan fingerprint density at radius 2 is 1.90 bits per heavy atom. The van der Waals surface area contributed by atoms with Crippen LogP contribution in [0.2, 0.25) is 0 Å². The average molecular weight is 380 g/mol. The normalized spacial score (nSPS) is 10.0. The van der Waals surface area contributed by atoms with Crippen molar-refractivity contribution >= 4 is 54.5 Å². The Bertz CT molecular complexity index is 239. The minimum absolute atomic E-state index is 0.237. The van der Waals surface area contributed by atoms with Gasteiger partial charge in [0.1, 0.15) is 5.82 Å². The van der Waals surface area contributed by atoms with Crippen molar-refractivity contribution in [2.24, 2.45) is 0 Å². The van der Waals surface area contributed by atoms with Crippen LogP contribution >= 0.6 is 54.5 Å². The van der Waals surface area contributed by atoms with Gasteiger partial charge in [0.05, 0.1) is 4.47 Å². The lowest BCUT2D eigenvalue weighted by molar-refractivity contribution is 0.619. The molecule has 10 heavy (non-hydrogen) atoms. The molecule has 0 unspecified atom stereocenters. The van der Waals surface area contributed by atoms with Crippen molar-refractivity contribution in [2.75, 3.05) is 0 Å². The van der Waals surface area contributed by atoms with Crippen LogP contribution in [0.25, 0.3) is 0 Å². The second kappa shape index (κ2) is 3.49. The van der Waals surface area contributed by atoms with Crippen molar-refractivity contribution in [2.45, 2.75) is 0 Å². The van der Waals surface area contributed by atoms with Crippen LogP contribution < -0.4 is 0 Å². The molecule has 54 valence electrons. The number of benzene rings is 1. The summed E-state index contributed by atoms with van der Waals surface area (Å²) >= 11 is 8.35. The number of halogens is 4. The molecule has 0 amide bonds. The monoisotopic (exact) mass is 378 g/mol. The summed E-state index contributed by atoms with van der Waals surface area (Å²) in [5, 5.41) is 0. The van der Waals surface area contributed by atoms with Crippen molar-refractivity contribution in [3.05, 3.63) is 30.5 Å². The molecule has 0 spiro atoms. The predicted octanol–water partition coefficient (Wildman–Crippen LogP) is 3.96. The predicted molar refractivity (Wildman–Crippen MR) is 54.5 cm³/mol. The third-order valence-electron chi connectivity index (χ3n) is 0.949. The Hall–Kier alpha value is 0.840. The van der Waals surface area contributed by atoms with Crippen LogP contribution in [-0.4, -0.2) is 0 Å². The van der Waals surface area contributed by atoms with Gasteiger partial charge in [0.15, 0.2) is 0 Å². The molecule has 0 saturated heterocycles. The van der Waals surface area contributed by atoms with Crippen molar-refractivity contribution in [1.82, 2.24) is 0 Å². The third kappa shape index (κ3) is 1.92. The molecule has 0 aliphatic rings. The summed E-state index contributed by atoms with van der Waals surface area (Å²) in [5.74, 6) is -0.237. The average Bonchev–Trinajstić information content (AvgIpc) is 1.82. The zero-order chi connectivity index (χ0) is 7.72. The van der Waals surface area contributed by atoms with Crippen LogP contribution in [0, 0.1) is 9.39 Å². The summed E-state index contributed by atoms with van der Waals surface area (Å²) in [6.45, 7) is 0. The summed E-state index contributed by atoms with van der Waals surface area (Å²) < 4.78 is 14.9. The highest BCUT2D eigenvalue weighted by atomic mass is 127. The first-order valence-corrected chi connectivity index (χ1v) is 5.08. The second-order valence-electron chi connectivity index (χ2n) is 1.68. The highest BCUT2D eigenvalue weighted by Crippen LogP contribution is 2.27. The standard InChI is InChI=1S/C6H2Br2FI/c7-4-1-3(10)2-5(9)6(4)8/h1-2H. The fourth-order valence-corrected chi connectivity index (χ4v) is 2.20. The van der Waals surface area contributed by atoms with E-state index in [1.54, 1.807) is 0 Å². The van der Waals surface area contributed by atoms with E-state index >= 15 is 0 Å². The van der Waals surface area contributed by atoms with Gasteiger partial charge in [-0.2, -0.15) is 0 Å². The lowest BCUT2D eigenvalue weighted by Crippen LogP contribution is -1.80. The molecule has 0 N–H and O–H groups in total. The maximum atomic E-state index is 12.8. The van der Waals surface area contributed by atoms with Gasteiger partial charge in [0.2, 0.25) is 0 Å². The molecular formula is C6H2Br2FI. The van der Waals surface area contributed by atoms with E-state index in [1.165, 1.54) is 6.07 Å². The molecular weight excluding hydrogens is 378 g/mol. The Kier molecular flexibility index (Phi) is 3.12. The lowest BCUT2D eigenvalue weighted by Gasteiger charge is -1.97. The summed E-state index contributed by atoms with van der Waals surface area (Å²) in [6, 6.07) is 3.31. The van der Waals surface area contributed by atoms with Gasteiger partial charge in [0.25, 0.3) is 0 Å². The van der Waals surface area contributed by atoms with Crippen LogP contribution in [0.3, 0.4) is 0 Å². The van der Waals surface area contributed by atoms with Crippen molar-refractivity contribution in [3.8, 4) is 0 Å². The Balaban J connectivity index is 3.31. The first kappa shape index (κ1) is 8.93. The van der Waals surface area contributed by atoms with E-state index in [2.05, 4.69) is 54.5 Å². The largest absolute Gasteiger partial charge is 0.206 e.